The van der Waals surface area contributed by atoms with Crippen LogP contribution in [-0.4, -0.2) is 29.2 Å². The van der Waals surface area contributed by atoms with E-state index in [4.69, 9.17) is 9.47 Å². The number of methoxy groups -OCH3 is 1. The predicted octanol–water partition coefficient (Wildman–Crippen LogP) is 4.03. The molecule has 5 nitrogen and oxygen atoms in total. The van der Waals surface area contributed by atoms with E-state index in [1.807, 2.05) is 60.0 Å². The second-order valence-electron chi connectivity index (χ2n) is 5.58. The van der Waals surface area contributed by atoms with E-state index < -0.39 is 5.97 Å². The minimum absolute atomic E-state index is 0.267. The SMILES string of the molecule is CCOC(=O)c1cn(-c2ccc(C)cc2)c(-c2ccccc2OC)n1. The van der Waals surface area contributed by atoms with Gasteiger partial charge in [-0.1, -0.05) is 29.8 Å². The molecule has 0 saturated heterocycles. The first-order valence-corrected chi connectivity index (χ1v) is 8.11. The van der Waals surface area contributed by atoms with Crippen molar-refractivity contribution in [3.8, 4) is 22.8 Å². The average Bonchev–Trinajstić information content (AvgIpc) is 3.08. The van der Waals surface area contributed by atoms with Crippen LogP contribution in [0.3, 0.4) is 0 Å². The van der Waals surface area contributed by atoms with Gasteiger partial charge < -0.3 is 9.47 Å². The standard InChI is InChI=1S/C20H20N2O3/c1-4-25-20(23)17-13-22(15-11-9-14(2)10-12-15)19(21-17)16-7-5-6-8-18(16)24-3/h5-13H,4H2,1-3H3. The highest BCUT2D eigenvalue weighted by Gasteiger charge is 2.19. The Balaban J connectivity index is 2.18. The zero-order chi connectivity index (χ0) is 17.8. The molecule has 0 radical (unpaired) electrons. The van der Waals surface area contributed by atoms with Gasteiger partial charge in [-0.05, 0) is 38.1 Å². The van der Waals surface area contributed by atoms with Crippen molar-refractivity contribution in [2.45, 2.75) is 13.8 Å². The fourth-order valence-electron chi connectivity index (χ4n) is 2.61. The zero-order valence-electron chi connectivity index (χ0n) is 14.5. The highest BCUT2D eigenvalue weighted by Crippen LogP contribution is 2.31. The van der Waals surface area contributed by atoms with E-state index in [9.17, 15) is 4.79 Å². The van der Waals surface area contributed by atoms with E-state index in [-0.39, 0.29) is 5.69 Å². The van der Waals surface area contributed by atoms with Crippen molar-refractivity contribution < 1.29 is 14.3 Å². The van der Waals surface area contributed by atoms with Gasteiger partial charge in [0.25, 0.3) is 0 Å². The second kappa shape index (κ2) is 7.21. The van der Waals surface area contributed by atoms with Crippen molar-refractivity contribution in [3.63, 3.8) is 0 Å². The molecule has 128 valence electrons. The van der Waals surface area contributed by atoms with Crippen LogP contribution in [0.2, 0.25) is 0 Å². The Morgan fingerprint density at radius 2 is 1.84 bits per heavy atom. The van der Waals surface area contributed by atoms with Crippen LogP contribution in [0.4, 0.5) is 0 Å². The maximum atomic E-state index is 12.2. The second-order valence-corrected chi connectivity index (χ2v) is 5.58. The third-order valence-electron chi connectivity index (χ3n) is 3.85. The molecule has 0 amide bonds. The number of aryl methyl sites for hydroxylation is 1. The van der Waals surface area contributed by atoms with Gasteiger partial charge >= 0.3 is 5.97 Å². The topological polar surface area (TPSA) is 53.4 Å². The number of nitrogens with zero attached hydrogens (tertiary/aromatic N) is 2. The smallest absolute Gasteiger partial charge is 0.358 e. The summed E-state index contributed by atoms with van der Waals surface area (Å²) < 4.78 is 12.4. The summed E-state index contributed by atoms with van der Waals surface area (Å²) in [4.78, 5) is 16.7. The van der Waals surface area contributed by atoms with Gasteiger partial charge in [-0.25, -0.2) is 9.78 Å². The summed E-state index contributed by atoms with van der Waals surface area (Å²) in [7, 11) is 1.62. The lowest BCUT2D eigenvalue weighted by molar-refractivity contribution is 0.0520. The van der Waals surface area contributed by atoms with Gasteiger partial charge in [0, 0.05) is 11.9 Å². The predicted molar refractivity (Wildman–Crippen MR) is 96.2 cm³/mol. The van der Waals surface area contributed by atoms with E-state index >= 15 is 0 Å². The largest absolute Gasteiger partial charge is 0.496 e. The van der Waals surface area contributed by atoms with Gasteiger partial charge in [0.1, 0.15) is 11.6 Å². The summed E-state index contributed by atoms with van der Waals surface area (Å²) in [5, 5.41) is 0. The highest BCUT2D eigenvalue weighted by molar-refractivity contribution is 5.88. The van der Waals surface area contributed by atoms with E-state index in [0.717, 1.165) is 16.8 Å². The van der Waals surface area contributed by atoms with Crippen LogP contribution in [0, 0.1) is 6.92 Å². The molecule has 0 N–H and O–H groups in total. The lowest BCUT2D eigenvalue weighted by Gasteiger charge is -2.11. The maximum absolute atomic E-state index is 12.2. The number of ether oxygens (including phenoxy) is 2. The van der Waals surface area contributed by atoms with Gasteiger partial charge in [-0.3, -0.25) is 4.57 Å². The Bertz CT molecular complexity index is 882. The fraction of sp³-hybridized carbons (Fsp3) is 0.200. The summed E-state index contributed by atoms with van der Waals surface area (Å²) in [6.07, 6.45) is 1.70. The Hall–Kier alpha value is -3.08. The number of para-hydroxylation sites is 1. The number of hydrogen-bond donors (Lipinski definition) is 0. The first kappa shape index (κ1) is 16.8. The number of imidazole rings is 1. The van der Waals surface area contributed by atoms with E-state index in [1.54, 1.807) is 20.2 Å². The van der Waals surface area contributed by atoms with Crippen LogP contribution >= 0.6 is 0 Å². The van der Waals surface area contributed by atoms with E-state index in [1.165, 1.54) is 0 Å². The number of aromatic nitrogens is 2. The first-order valence-electron chi connectivity index (χ1n) is 8.11. The van der Waals surface area contributed by atoms with Crippen LogP contribution in [0.15, 0.2) is 54.7 Å². The van der Waals surface area contributed by atoms with E-state index in [2.05, 4.69) is 4.98 Å². The van der Waals surface area contributed by atoms with Crippen molar-refractivity contribution in [2.75, 3.05) is 13.7 Å². The molecule has 3 rings (SSSR count). The molecule has 0 fully saturated rings. The van der Waals surface area contributed by atoms with Gasteiger partial charge in [0.2, 0.25) is 0 Å². The third-order valence-corrected chi connectivity index (χ3v) is 3.85. The zero-order valence-corrected chi connectivity index (χ0v) is 14.5. The summed E-state index contributed by atoms with van der Waals surface area (Å²) >= 11 is 0. The van der Waals surface area contributed by atoms with Gasteiger partial charge in [-0.2, -0.15) is 0 Å². The Morgan fingerprint density at radius 1 is 1.12 bits per heavy atom. The maximum Gasteiger partial charge on any atom is 0.358 e. The Labute approximate surface area is 146 Å². The normalized spacial score (nSPS) is 10.5. The monoisotopic (exact) mass is 336 g/mol. The molecule has 0 aliphatic carbocycles. The fourth-order valence-corrected chi connectivity index (χ4v) is 2.61. The molecule has 5 heteroatoms. The minimum atomic E-state index is -0.440. The summed E-state index contributed by atoms with van der Waals surface area (Å²) in [6.45, 7) is 4.11. The first-order chi connectivity index (χ1) is 12.1. The highest BCUT2D eigenvalue weighted by atomic mass is 16.5. The molecule has 0 saturated carbocycles. The molecule has 0 aliphatic heterocycles. The number of benzene rings is 2. The molecule has 1 heterocycles. The molecular weight excluding hydrogens is 316 g/mol. The average molecular weight is 336 g/mol. The third kappa shape index (κ3) is 3.40. The van der Waals surface area contributed by atoms with Gasteiger partial charge in [0.05, 0.1) is 19.3 Å². The van der Waals surface area contributed by atoms with Crippen LogP contribution in [-0.2, 0) is 4.74 Å². The summed E-state index contributed by atoms with van der Waals surface area (Å²) in [6, 6.07) is 15.6. The molecule has 0 aliphatic rings. The van der Waals surface area contributed by atoms with Crippen LogP contribution in [0.5, 0.6) is 5.75 Å². The van der Waals surface area contributed by atoms with Crippen molar-refractivity contribution in [1.82, 2.24) is 9.55 Å². The van der Waals surface area contributed by atoms with Crippen LogP contribution in [0.25, 0.3) is 17.1 Å². The van der Waals surface area contributed by atoms with Crippen molar-refractivity contribution in [3.05, 3.63) is 66.0 Å². The molecule has 2 aromatic carbocycles. The van der Waals surface area contributed by atoms with Crippen LogP contribution < -0.4 is 4.74 Å². The molecule has 0 spiro atoms. The quantitative estimate of drug-likeness (QED) is 0.660. The molecule has 0 unspecified atom stereocenters. The van der Waals surface area contributed by atoms with Crippen LogP contribution in [0.1, 0.15) is 23.0 Å². The summed E-state index contributed by atoms with van der Waals surface area (Å²) in [5.74, 6) is 0.880. The molecule has 0 bridgehead atoms. The number of carbonyl (C=O) groups excluding carboxylic acids is 1. The lowest BCUT2D eigenvalue weighted by Crippen LogP contribution is -2.04. The lowest BCUT2D eigenvalue weighted by atomic mass is 10.1. The molecule has 3 aromatic rings. The van der Waals surface area contributed by atoms with Gasteiger partial charge in [-0.15, -0.1) is 0 Å². The Kier molecular flexibility index (Phi) is 4.84. The molecule has 25 heavy (non-hydrogen) atoms. The van der Waals surface area contributed by atoms with Crippen molar-refractivity contribution in [2.24, 2.45) is 0 Å². The Morgan fingerprint density at radius 3 is 2.52 bits per heavy atom. The number of rotatable bonds is 5. The number of esters is 1. The van der Waals surface area contributed by atoms with Gasteiger partial charge in [0.15, 0.2) is 5.69 Å². The van der Waals surface area contributed by atoms with Crippen molar-refractivity contribution in [1.29, 1.82) is 0 Å². The molecular formula is C20H20N2O3. The molecule has 0 atom stereocenters. The van der Waals surface area contributed by atoms with Crippen molar-refractivity contribution >= 4 is 5.97 Å². The summed E-state index contributed by atoms with van der Waals surface area (Å²) in [5.41, 5.74) is 3.15. The van der Waals surface area contributed by atoms with E-state index in [0.29, 0.717) is 18.2 Å². The minimum Gasteiger partial charge on any atom is -0.496 e. The molecule has 1 aromatic heterocycles. The number of hydrogen-bond acceptors (Lipinski definition) is 4. The number of carbonyl (C=O) groups is 1.